The fourth-order valence-electron chi connectivity index (χ4n) is 3.31. The molecule has 0 aliphatic carbocycles. The molecule has 0 saturated carbocycles. The third-order valence-corrected chi connectivity index (χ3v) is 4.79. The Morgan fingerprint density at radius 2 is 1.68 bits per heavy atom. The number of benzene rings is 2. The quantitative estimate of drug-likeness (QED) is 0.924. The van der Waals surface area contributed by atoms with Gasteiger partial charge in [-0.15, -0.1) is 0 Å². The lowest BCUT2D eigenvalue weighted by molar-refractivity contribution is -0.122. The number of aryl methyl sites for hydroxylation is 4. The highest BCUT2D eigenvalue weighted by molar-refractivity contribution is 6.04. The summed E-state index contributed by atoms with van der Waals surface area (Å²) in [4.78, 5) is 26.8. The summed E-state index contributed by atoms with van der Waals surface area (Å²) in [6.07, 6.45) is 0.254. The highest BCUT2D eigenvalue weighted by Gasteiger charge is 2.35. The number of rotatable bonds is 3. The van der Waals surface area contributed by atoms with Gasteiger partial charge in [0.05, 0.1) is 5.92 Å². The molecule has 1 heterocycles. The topological polar surface area (TPSA) is 49.4 Å². The van der Waals surface area contributed by atoms with E-state index in [-0.39, 0.29) is 24.2 Å². The highest BCUT2D eigenvalue weighted by atomic mass is 16.2. The van der Waals surface area contributed by atoms with Gasteiger partial charge in [0, 0.05) is 24.3 Å². The minimum absolute atomic E-state index is 0.00878. The van der Waals surface area contributed by atoms with Crippen LogP contribution in [0, 0.1) is 33.6 Å². The Morgan fingerprint density at radius 1 is 1.00 bits per heavy atom. The third-order valence-electron chi connectivity index (χ3n) is 4.79. The minimum atomic E-state index is -0.326. The molecule has 4 nitrogen and oxygen atoms in total. The molecule has 1 atom stereocenters. The molecule has 0 radical (unpaired) electrons. The molecule has 0 unspecified atom stereocenters. The van der Waals surface area contributed by atoms with Crippen LogP contribution in [0.25, 0.3) is 0 Å². The molecule has 130 valence electrons. The second-order valence-corrected chi connectivity index (χ2v) is 7.00. The SMILES string of the molecule is Cc1ccc(NC(=O)[C@@H]2CC(=O)N(c3cc(C)ccc3C)C2)c(C)c1. The number of anilines is 2. The van der Waals surface area contributed by atoms with Crippen LogP contribution in [0.3, 0.4) is 0 Å². The standard InChI is InChI=1S/C21H24N2O2/c1-13-6-8-18(16(4)9-13)22-21(25)17-11-20(24)23(12-17)19-10-14(2)5-7-15(19)3/h5-10,17H,11-12H2,1-4H3,(H,22,25)/t17-/m1/s1. The Labute approximate surface area is 148 Å². The molecule has 1 saturated heterocycles. The van der Waals surface area contributed by atoms with Gasteiger partial charge in [-0.25, -0.2) is 0 Å². The molecule has 0 bridgehead atoms. The lowest BCUT2D eigenvalue weighted by Gasteiger charge is -2.20. The van der Waals surface area contributed by atoms with Crippen LogP contribution in [-0.2, 0) is 9.59 Å². The van der Waals surface area contributed by atoms with E-state index in [1.54, 1.807) is 4.90 Å². The van der Waals surface area contributed by atoms with Crippen LogP contribution in [0.2, 0.25) is 0 Å². The van der Waals surface area contributed by atoms with Crippen molar-refractivity contribution >= 4 is 23.2 Å². The molecule has 3 rings (SSSR count). The highest BCUT2D eigenvalue weighted by Crippen LogP contribution is 2.29. The normalized spacial score (nSPS) is 17.0. The van der Waals surface area contributed by atoms with E-state index < -0.39 is 0 Å². The van der Waals surface area contributed by atoms with Gasteiger partial charge in [-0.3, -0.25) is 9.59 Å². The minimum Gasteiger partial charge on any atom is -0.326 e. The monoisotopic (exact) mass is 336 g/mol. The maximum atomic E-state index is 12.6. The average molecular weight is 336 g/mol. The van der Waals surface area contributed by atoms with E-state index in [0.29, 0.717) is 6.54 Å². The second kappa shape index (κ2) is 6.71. The fraction of sp³-hybridized carbons (Fsp3) is 0.333. The number of amides is 2. The lowest BCUT2D eigenvalue weighted by Crippen LogP contribution is -2.28. The molecule has 1 aliphatic rings. The van der Waals surface area contributed by atoms with E-state index in [9.17, 15) is 9.59 Å². The smallest absolute Gasteiger partial charge is 0.229 e. The van der Waals surface area contributed by atoms with Crippen LogP contribution in [0.4, 0.5) is 11.4 Å². The van der Waals surface area contributed by atoms with E-state index in [1.165, 1.54) is 0 Å². The summed E-state index contributed by atoms with van der Waals surface area (Å²) < 4.78 is 0. The predicted molar refractivity (Wildman–Crippen MR) is 101 cm³/mol. The predicted octanol–water partition coefficient (Wildman–Crippen LogP) is 3.91. The Hall–Kier alpha value is -2.62. The third kappa shape index (κ3) is 3.58. The summed E-state index contributed by atoms with van der Waals surface area (Å²) in [5.41, 5.74) is 6.07. The summed E-state index contributed by atoms with van der Waals surface area (Å²) in [6.45, 7) is 8.43. The largest absolute Gasteiger partial charge is 0.326 e. The molecule has 0 aromatic heterocycles. The van der Waals surface area contributed by atoms with Gasteiger partial charge in [0.15, 0.2) is 0 Å². The van der Waals surface area contributed by atoms with E-state index in [0.717, 1.165) is 33.6 Å². The Bertz CT molecular complexity index is 842. The van der Waals surface area contributed by atoms with Crippen LogP contribution < -0.4 is 10.2 Å². The van der Waals surface area contributed by atoms with Crippen LogP contribution in [0.1, 0.15) is 28.7 Å². The number of carbonyl (C=O) groups is 2. The first-order valence-electron chi connectivity index (χ1n) is 8.61. The zero-order valence-electron chi connectivity index (χ0n) is 15.2. The molecule has 25 heavy (non-hydrogen) atoms. The summed E-state index contributed by atoms with van der Waals surface area (Å²) in [5, 5.41) is 2.98. The average Bonchev–Trinajstić information content (AvgIpc) is 2.94. The number of nitrogens with zero attached hydrogens (tertiary/aromatic N) is 1. The first-order valence-corrected chi connectivity index (χ1v) is 8.61. The van der Waals surface area contributed by atoms with Gasteiger partial charge in [0.25, 0.3) is 0 Å². The van der Waals surface area contributed by atoms with Crippen molar-refractivity contribution in [3.8, 4) is 0 Å². The first-order chi connectivity index (χ1) is 11.8. The maximum Gasteiger partial charge on any atom is 0.229 e. The maximum absolute atomic E-state index is 12.6. The molecule has 2 amide bonds. The van der Waals surface area contributed by atoms with Crippen LogP contribution >= 0.6 is 0 Å². The number of hydrogen-bond donors (Lipinski definition) is 1. The van der Waals surface area contributed by atoms with Crippen molar-refractivity contribution in [2.24, 2.45) is 5.92 Å². The molecule has 0 spiro atoms. The van der Waals surface area contributed by atoms with Crippen LogP contribution in [0.15, 0.2) is 36.4 Å². The molecule has 1 aliphatic heterocycles. The summed E-state index contributed by atoms with van der Waals surface area (Å²) in [5.74, 6) is -0.407. The number of nitrogens with one attached hydrogen (secondary N) is 1. The Balaban J connectivity index is 1.75. The summed E-state index contributed by atoms with van der Waals surface area (Å²) in [6, 6.07) is 12.0. The molecule has 1 fully saturated rings. The van der Waals surface area contributed by atoms with Crippen molar-refractivity contribution < 1.29 is 9.59 Å². The van der Waals surface area contributed by atoms with Crippen molar-refractivity contribution in [3.63, 3.8) is 0 Å². The Morgan fingerprint density at radius 3 is 2.40 bits per heavy atom. The van der Waals surface area contributed by atoms with Crippen LogP contribution in [-0.4, -0.2) is 18.4 Å². The van der Waals surface area contributed by atoms with Gasteiger partial charge in [-0.1, -0.05) is 29.8 Å². The zero-order valence-corrected chi connectivity index (χ0v) is 15.2. The number of carbonyl (C=O) groups excluding carboxylic acids is 2. The molecule has 2 aromatic rings. The molecule has 4 heteroatoms. The van der Waals surface area contributed by atoms with Gasteiger partial charge >= 0.3 is 0 Å². The van der Waals surface area contributed by atoms with E-state index >= 15 is 0 Å². The van der Waals surface area contributed by atoms with Crippen molar-refractivity contribution in [1.29, 1.82) is 0 Å². The van der Waals surface area contributed by atoms with Gasteiger partial charge in [-0.2, -0.15) is 0 Å². The van der Waals surface area contributed by atoms with Gasteiger partial charge in [0.2, 0.25) is 11.8 Å². The lowest BCUT2D eigenvalue weighted by atomic mass is 10.1. The van der Waals surface area contributed by atoms with Crippen LogP contribution in [0.5, 0.6) is 0 Å². The zero-order chi connectivity index (χ0) is 18.1. The molecular formula is C21H24N2O2. The summed E-state index contributed by atoms with van der Waals surface area (Å²) in [7, 11) is 0. The van der Waals surface area contributed by atoms with E-state index in [1.807, 2.05) is 64.1 Å². The van der Waals surface area contributed by atoms with Gasteiger partial charge < -0.3 is 10.2 Å². The van der Waals surface area contributed by atoms with E-state index in [2.05, 4.69) is 5.32 Å². The number of hydrogen-bond acceptors (Lipinski definition) is 2. The molecule has 2 aromatic carbocycles. The van der Waals surface area contributed by atoms with E-state index in [4.69, 9.17) is 0 Å². The summed E-state index contributed by atoms with van der Waals surface area (Å²) >= 11 is 0. The second-order valence-electron chi connectivity index (χ2n) is 7.00. The Kier molecular flexibility index (Phi) is 4.62. The molecular weight excluding hydrogens is 312 g/mol. The van der Waals surface area contributed by atoms with Crippen molar-refractivity contribution in [2.45, 2.75) is 34.1 Å². The van der Waals surface area contributed by atoms with Gasteiger partial charge in [0.1, 0.15) is 0 Å². The van der Waals surface area contributed by atoms with Crippen molar-refractivity contribution in [1.82, 2.24) is 0 Å². The van der Waals surface area contributed by atoms with Crippen molar-refractivity contribution in [3.05, 3.63) is 58.7 Å². The van der Waals surface area contributed by atoms with Crippen molar-refractivity contribution in [2.75, 3.05) is 16.8 Å². The fourth-order valence-corrected chi connectivity index (χ4v) is 3.31. The molecule has 1 N–H and O–H groups in total. The van der Waals surface area contributed by atoms with Gasteiger partial charge in [-0.05, 0) is 56.5 Å². The first kappa shape index (κ1) is 17.2.